The van der Waals surface area contributed by atoms with Gasteiger partial charge in [-0.05, 0) is 58.9 Å². The van der Waals surface area contributed by atoms with Crippen molar-refractivity contribution in [3.05, 3.63) is 119 Å². The van der Waals surface area contributed by atoms with Gasteiger partial charge in [-0.25, -0.2) is 0 Å². The maximum absolute atomic E-state index is 12.4. The number of thioether (sulfide) groups is 1. The first kappa shape index (κ1) is 36.1. The summed E-state index contributed by atoms with van der Waals surface area (Å²) in [7, 11) is 1.69. The lowest BCUT2D eigenvalue weighted by Gasteiger charge is -2.36. The molecule has 0 aromatic heterocycles. The largest absolute Gasteiger partial charge is 0.496 e. The zero-order valence-corrected chi connectivity index (χ0v) is 29.0. The Kier molecular flexibility index (Phi) is 13.7. The number of carbonyl (C=O) groups excluding carboxylic acids is 2. The molecular weight excluding hydrogens is 637 g/mol. The summed E-state index contributed by atoms with van der Waals surface area (Å²) in [6.45, 7) is 2.63. The van der Waals surface area contributed by atoms with Crippen molar-refractivity contribution < 1.29 is 28.9 Å². The third-order valence-corrected chi connectivity index (χ3v) is 9.68. The van der Waals surface area contributed by atoms with E-state index in [1.807, 2.05) is 54.6 Å². The van der Waals surface area contributed by atoms with Gasteiger partial charge in [-0.1, -0.05) is 85.3 Å². The minimum Gasteiger partial charge on any atom is -0.496 e. The number of ether oxygens (including phenoxy) is 3. The number of methoxy groups -OCH3 is 1. The van der Waals surface area contributed by atoms with Crippen molar-refractivity contribution in [2.24, 2.45) is 0 Å². The summed E-state index contributed by atoms with van der Waals surface area (Å²) in [6, 6.07) is 32.4. The molecular formula is C40H46N2O6S. The number of amides is 2. The van der Waals surface area contributed by atoms with Gasteiger partial charge in [-0.3, -0.25) is 9.59 Å². The lowest BCUT2D eigenvalue weighted by atomic mass is 9.99. The first-order valence-electron chi connectivity index (χ1n) is 16.9. The van der Waals surface area contributed by atoms with E-state index in [-0.39, 0.29) is 30.6 Å². The highest BCUT2D eigenvalue weighted by molar-refractivity contribution is 7.99. The van der Waals surface area contributed by atoms with Crippen LogP contribution in [0, 0.1) is 0 Å². The number of hydrogen-bond donors (Lipinski definition) is 3. The minimum absolute atomic E-state index is 0.00262. The molecule has 0 bridgehead atoms. The monoisotopic (exact) mass is 682 g/mol. The fraction of sp³-hybridized carbons (Fsp3) is 0.350. The molecule has 1 aliphatic heterocycles. The molecule has 0 radical (unpaired) electrons. The highest BCUT2D eigenvalue weighted by atomic mass is 32.2. The summed E-state index contributed by atoms with van der Waals surface area (Å²) < 4.78 is 18.7. The second kappa shape index (κ2) is 18.6. The van der Waals surface area contributed by atoms with Crippen molar-refractivity contribution in [3.8, 4) is 16.9 Å². The van der Waals surface area contributed by atoms with E-state index in [1.54, 1.807) is 18.9 Å². The molecule has 8 nitrogen and oxygen atoms in total. The number of rotatable bonds is 16. The Morgan fingerprint density at radius 3 is 2.37 bits per heavy atom. The highest BCUT2D eigenvalue weighted by Gasteiger charge is 2.32. The van der Waals surface area contributed by atoms with Crippen LogP contribution in [0.25, 0.3) is 11.1 Å². The van der Waals surface area contributed by atoms with Gasteiger partial charge in [0.1, 0.15) is 5.75 Å². The molecule has 49 heavy (non-hydrogen) atoms. The predicted octanol–water partition coefficient (Wildman–Crippen LogP) is 7.50. The first-order valence-corrected chi connectivity index (χ1v) is 17.9. The number of nitrogens with one attached hydrogen (secondary N) is 2. The Hall–Kier alpha value is -4.15. The molecule has 1 saturated heterocycles. The second-order valence-corrected chi connectivity index (χ2v) is 13.3. The van der Waals surface area contributed by atoms with Crippen LogP contribution in [0.4, 0.5) is 0 Å². The van der Waals surface area contributed by atoms with Gasteiger partial charge in [0.15, 0.2) is 6.29 Å². The summed E-state index contributed by atoms with van der Waals surface area (Å²) in [5, 5.41) is 15.3. The van der Waals surface area contributed by atoms with Crippen LogP contribution in [0.5, 0.6) is 5.75 Å². The maximum Gasteiger partial charge on any atom is 0.220 e. The number of carbonyl (C=O) groups is 2. The Morgan fingerprint density at radius 1 is 0.837 bits per heavy atom. The Morgan fingerprint density at radius 2 is 1.61 bits per heavy atom. The van der Waals surface area contributed by atoms with Crippen LogP contribution in [-0.4, -0.2) is 42.4 Å². The standard InChI is InChI=1S/C40H46N2O6S/c1-28(44)41-22-7-3-4-13-39(45)42-25-30-9-8-10-34(23-30)31-18-20-33(21-19-31)40-47-35(27-49-38-12-6-5-11-36(38)46-2)24-37(48-40)32-16-14-29(26-43)15-17-32/h5-6,8-12,14-21,23,35,37,40,43H,3-4,7,13,22,24-27H2,1-2H3,(H,41,44)(H,42,45)/t35-,37+,40+/m1/s1. The summed E-state index contributed by atoms with van der Waals surface area (Å²) in [6.07, 6.45) is 2.98. The molecule has 9 heteroatoms. The molecule has 0 spiro atoms. The van der Waals surface area contributed by atoms with Crippen molar-refractivity contribution in [1.82, 2.24) is 10.6 Å². The molecule has 5 rings (SSSR count). The third-order valence-electron chi connectivity index (χ3n) is 8.50. The van der Waals surface area contributed by atoms with Gasteiger partial charge < -0.3 is 30.0 Å². The van der Waals surface area contributed by atoms with Crippen molar-refractivity contribution in [2.75, 3.05) is 19.4 Å². The quantitative estimate of drug-likeness (QED) is 0.0830. The van der Waals surface area contributed by atoms with E-state index in [0.29, 0.717) is 25.9 Å². The van der Waals surface area contributed by atoms with Gasteiger partial charge in [0.25, 0.3) is 0 Å². The van der Waals surface area contributed by atoms with E-state index in [4.69, 9.17) is 14.2 Å². The van der Waals surface area contributed by atoms with Crippen LogP contribution in [0.15, 0.2) is 102 Å². The summed E-state index contributed by atoms with van der Waals surface area (Å²) in [4.78, 5) is 24.4. The van der Waals surface area contributed by atoms with Crippen LogP contribution in [0.1, 0.15) is 73.7 Å². The fourth-order valence-corrected chi connectivity index (χ4v) is 6.83. The normalized spacial score (nSPS) is 17.3. The van der Waals surface area contributed by atoms with Crippen LogP contribution in [-0.2, 0) is 32.2 Å². The van der Waals surface area contributed by atoms with E-state index >= 15 is 0 Å². The molecule has 1 fully saturated rings. The van der Waals surface area contributed by atoms with E-state index in [1.165, 1.54) is 6.92 Å². The van der Waals surface area contributed by atoms with E-state index in [0.717, 1.165) is 69.0 Å². The molecule has 3 atom stereocenters. The van der Waals surface area contributed by atoms with Gasteiger partial charge in [-0.15, -0.1) is 11.8 Å². The molecule has 0 saturated carbocycles. The van der Waals surface area contributed by atoms with Crippen molar-refractivity contribution in [2.45, 2.75) is 75.6 Å². The predicted molar refractivity (Wildman–Crippen MR) is 193 cm³/mol. The number of hydrogen-bond acceptors (Lipinski definition) is 7. The number of para-hydroxylation sites is 1. The molecule has 1 aliphatic rings. The molecule has 4 aromatic carbocycles. The summed E-state index contributed by atoms with van der Waals surface area (Å²) in [5.41, 5.74) is 6.02. The average molecular weight is 683 g/mol. The van der Waals surface area contributed by atoms with Gasteiger partial charge in [0, 0.05) is 49.1 Å². The second-order valence-electron chi connectivity index (χ2n) is 12.2. The number of unbranched alkanes of at least 4 members (excludes halogenated alkanes) is 2. The molecule has 2 amide bonds. The van der Waals surface area contributed by atoms with Crippen LogP contribution in [0.2, 0.25) is 0 Å². The Bertz CT molecular complexity index is 1650. The van der Waals surface area contributed by atoms with Crippen molar-refractivity contribution in [1.29, 1.82) is 0 Å². The zero-order chi connectivity index (χ0) is 34.4. The van der Waals surface area contributed by atoms with Crippen LogP contribution >= 0.6 is 11.8 Å². The lowest BCUT2D eigenvalue weighted by Crippen LogP contribution is -2.31. The molecule has 0 unspecified atom stereocenters. The van der Waals surface area contributed by atoms with Crippen molar-refractivity contribution in [3.63, 3.8) is 0 Å². The zero-order valence-electron chi connectivity index (χ0n) is 28.2. The SMILES string of the molecule is COc1ccccc1SC[C@H]1C[C@@H](c2ccc(CO)cc2)O[C@@H](c2ccc(-c3cccc(CNC(=O)CCCCCNC(C)=O)c3)cc2)O1. The van der Waals surface area contributed by atoms with Crippen molar-refractivity contribution >= 4 is 23.6 Å². The van der Waals surface area contributed by atoms with Gasteiger partial charge in [0.05, 0.1) is 25.9 Å². The lowest BCUT2D eigenvalue weighted by molar-refractivity contribution is -0.245. The topological polar surface area (TPSA) is 106 Å². The summed E-state index contributed by atoms with van der Waals surface area (Å²) >= 11 is 1.72. The highest BCUT2D eigenvalue weighted by Crippen LogP contribution is 2.40. The molecule has 0 aliphatic carbocycles. The number of aliphatic hydroxyl groups is 1. The molecule has 1 heterocycles. The van der Waals surface area contributed by atoms with Gasteiger partial charge >= 0.3 is 0 Å². The maximum atomic E-state index is 12.4. The minimum atomic E-state index is -0.541. The van der Waals surface area contributed by atoms with E-state index in [9.17, 15) is 14.7 Å². The fourth-order valence-electron chi connectivity index (χ4n) is 5.78. The smallest absolute Gasteiger partial charge is 0.220 e. The molecule has 3 N–H and O–H groups in total. The summed E-state index contributed by atoms with van der Waals surface area (Å²) in [5.74, 6) is 1.60. The Balaban J connectivity index is 1.21. The first-order chi connectivity index (χ1) is 23.9. The van der Waals surface area contributed by atoms with E-state index in [2.05, 4.69) is 53.1 Å². The number of benzene rings is 4. The average Bonchev–Trinajstić information content (AvgIpc) is 3.14. The van der Waals surface area contributed by atoms with Crippen LogP contribution < -0.4 is 15.4 Å². The Labute approximate surface area is 293 Å². The molecule has 4 aromatic rings. The molecule has 258 valence electrons. The van der Waals surface area contributed by atoms with Crippen LogP contribution in [0.3, 0.4) is 0 Å². The number of aliphatic hydroxyl groups excluding tert-OH is 1. The van der Waals surface area contributed by atoms with Gasteiger partial charge in [0.2, 0.25) is 11.8 Å². The third kappa shape index (κ3) is 10.9. The van der Waals surface area contributed by atoms with E-state index < -0.39 is 6.29 Å². The van der Waals surface area contributed by atoms with Gasteiger partial charge in [-0.2, -0.15) is 0 Å².